The van der Waals surface area contributed by atoms with Crippen LogP contribution in [0.4, 0.5) is 0 Å². The number of hydrogen-bond acceptors (Lipinski definition) is 4. The highest BCUT2D eigenvalue weighted by Gasteiger charge is 2.17. The summed E-state index contributed by atoms with van der Waals surface area (Å²) < 4.78 is 0. The van der Waals surface area contributed by atoms with Gasteiger partial charge in [-0.15, -0.1) is 11.3 Å². The number of carbonyl (C=O) groups excluding carboxylic acids is 1. The number of amides is 1. The zero-order valence-electron chi connectivity index (χ0n) is 11.5. The maximum absolute atomic E-state index is 11.7. The molecule has 0 saturated carbocycles. The molecule has 106 valence electrons. The number of carbonyl (C=O) groups is 2. The molecule has 19 heavy (non-hydrogen) atoms. The van der Waals surface area contributed by atoms with Gasteiger partial charge in [-0.3, -0.25) is 9.69 Å². The molecule has 6 heteroatoms. The van der Waals surface area contributed by atoms with Crippen LogP contribution in [0, 0.1) is 0 Å². The average Bonchev–Trinajstić information content (AvgIpc) is 2.77. The Morgan fingerprint density at radius 1 is 1.37 bits per heavy atom. The van der Waals surface area contributed by atoms with Crippen molar-refractivity contribution in [2.75, 3.05) is 27.2 Å². The van der Waals surface area contributed by atoms with E-state index >= 15 is 0 Å². The number of carboxylic acids is 1. The molecule has 0 saturated heterocycles. The van der Waals surface area contributed by atoms with Gasteiger partial charge in [0, 0.05) is 20.6 Å². The highest BCUT2D eigenvalue weighted by molar-refractivity contribution is 7.12. The smallest absolute Gasteiger partial charge is 0.346 e. The van der Waals surface area contributed by atoms with E-state index in [0.717, 1.165) is 18.5 Å². The molecule has 0 aliphatic heterocycles. The Labute approximate surface area is 117 Å². The lowest BCUT2D eigenvalue weighted by molar-refractivity contribution is -0.130. The van der Waals surface area contributed by atoms with Gasteiger partial charge in [-0.05, 0) is 30.0 Å². The van der Waals surface area contributed by atoms with Crippen LogP contribution in [0.15, 0.2) is 11.4 Å². The second-order valence-corrected chi connectivity index (χ2v) is 5.50. The van der Waals surface area contributed by atoms with Gasteiger partial charge in [0.25, 0.3) is 0 Å². The second-order valence-electron chi connectivity index (χ2n) is 4.58. The largest absolute Gasteiger partial charge is 0.477 e. The predicted octanol–water partition coefficient (Wildman–Crippen LogP) is 1.75. The molecule has 0 atom stereocenters. The van der Waals surface area contributed by atoms with E-state index in [1.807, 2.05) is 17.9 Å². The normalized spacial score (nSPS) is 10.7. The molecule has 0 unspecified atom stereocenters. The van der Waals surface area contributed by atoms with Crippen LogP contribution >= 0.6 is 11.3 Å². The lowest BCUT2D eigenvalue weighted by atomic mass is 10.2. The Bertz CT molecular complexity index is 443. The third-order valence-corrected chi connectivity index (χ3v) is 3.68. The van der Waals surface area contributed by atoms with Crippen LogP contribution in [0.1, 0.15) is 28.6 Å². The molecule has 0 fully saturated rings. The van der Waals surface area contributed by atoms with Crippen LogP contribution in [-0.2, 0) is 11.3 Å². The number of likely N-dealkylation sites (N-methyl/N-ethyl adjacent to an activating group) is 1. The van der Waals surface area contributed by atoms with E-state index in [9.17, 15) is 9.59 Å². The lowest BCUT2D eigenvalue weighted by Gasteiger charge is -2.22. The van der Waals surface area contributed by atoms with Crippen molar-refractivity contribution in [3.05, 3.63) is 21.9 Å². The Morgan fingerprint density at radius 2 is 2.05 bits per heavy atom. The summed E-state index contributed by atoms with van der Waals surface area (Å²) in [5.41, 5.74) is 0.775. The van der Waals surface area contributed by atoms with Crippen molar-refractivity contribution in [3.8, 4) is 0 Å². The summed E-state index contributed by atoms with van der Waals surface area (Å²) in [6.07, 6.45) is 0.924. The summed E-state index contributed by atoms with van der Waals surface area (Å²) in [5.74, 6) is -0.874. The van der Waals surface area contributed by atoms with Gasteiger partial charge in [-0.25, -0.2) is 4.79 Å². The predicted molar refractivity (Wildman–Crippen MR) is 75.5 cm³/mol. The van der Waals surface area contributed by atoms with Crippen molar-refractivity contribution >= 4 is 23.2 Å². The number of rotatable bonds is 7. The first-order valence-corrected chi connectivity index (χ1v) is 7.05. The third kappa shape index (κ3) is 4.65. The summed E-state index contributed by atoms with van der Waals surface area (Å²) in [6.45, 7) is 3.63. The molecule has 1 heterocycles. The molecule has 0 aromatic carbocycles. The molecule has 1 rings (SSSR count). The molecule has 1 N–H and O–H groups in total. The highest BCUT2D eigenvalue weighted by Crippen LogP contribution is 2.18. The molecule has 0 aliphatic carbocycles. The van der Waals surface area contributed by atoms with Crippen LogP contribution in [0.3, 0.4) is 0 Å². The van der Waals surface area contributed by atoms with E-state index in [1.165, 1.54) is 11.3 Å². The maximum atomic E-state index is 11.7. The topological polar surface area (TPSA) is 60.9 Å². The number of thiophene rings is 1. The van der Waals surface area contributed by atoms with Crippen molar-refractivity contribution in [3.63, 3.8) is 0 Å². The molecule has 5 nitrogen and oxygen atoms in total. The molecule has 0 radical (unpaired) electrons. The second kappa shape index (κ2) is 7.25. The molecule has 1 aromatic heterocycles. The number of hydrogen-bond donors (Lipinski definition) is 1. The Kier molecular flexibility index (Phi) is 5.98. The quantitative estimate of drug-likeness (QED) is 0.828. The minimum absolute atomic E-state index is 0.0283. The molecular weight excluding hydrogens is 264 g/mol. The lowest BCUT2D eigenvalue weighted by Crippen LogP contribution is -2.36. The molecule has 0 aliphatic rings. The molecule has 1 amide bonds. The average molecular weight is 284 g/mol. The fraction of sp³-hybridized carbons (Fsp3) is 0.538. The highest BCUT2D eigenvalue weighted by atomic mass is 32.1. The van der Waals surface area contributed by atoms with Gasteiger partial charge < -0.3 is 10.0 Å². The van der Waals surface area contributed by atoms with E-state index in [2.05, 4.69) is 0 Å². The van der Waals surface area contributed by atoms with Crippen molar-refractivity contribution in [2.45, 2.75) is 19.9 Å². The van der Waals surface area contributed by atoms with Crippen LogP contribution in [-0.4, -0.2) is 54.0 Å². The number of aromatic carboxylic acids is 1. The zero-order chi connectivity index (χ0) is 14.4. The summed E-state index contributed by atoms with van der Waals surface area (Å²) in [7, 11) is 3.44. The van der Waals surface area contributed by atoms with Crippen LogP contribution in [0.25, 0.3) is 0 Å². The molecular formula is C13H20N2O3S. The molecule has 0 spiro atoms. The van der Waals surface area contributed by atoms with Crippen molar-refractivity contribution in [1.29, 1.82) is 0 Å². The zero-order valence-corrected chi connectivity index (χ0v) is 12.4. The van der Waals surface area contributed by atoms with Crippen LogP contribution < -0.4 is 0 Å². The molecule has 0 bridgehead atoms. The fourth-order valence-electron chi connectivity index (χ4n) is 1.75. The van der Waals surface area contributed by atoms with Gasteiger partial charge in [0.15, 0.2) is 0 Å². The maximum Gasteiger partial charge on any atom is 0.346 e. The first-order valence-electron chi connectivity index (χ1n) is 6.17. The van der Waals surface area contributed by atoms with E-state index < -0.39 is 5.97 Å². The van der Waals surface area contributed by atoms with Gasteiger partial charge >= 0.3 is 5.97 Å². The van der Waals surface area contributed by atoms with Crippen LogP contribution in [0.2, 0.25) is 0 Å². The summed E-state index contributed by atoms with van der Waals surface area (Å²) in [4.78, 5) is 26.7. The van der Waals surface area contributed by atoms with E-state index in [0.29, 0.717) is 18.0 Å². The fourth-order valence-corrected chi connectivity index (χ4v) is 2.50. The van der Waals surface area contributed by atoms with E-state index in [1.54, 1.807) is 24.4 Å². The molecule has 1 aromatic rings. The number of nitrogens with zero attached hydrogens (tertiary/aromatic N) is 2. The first-order chi connectivity index (χ1) is 8.95. The van der Waals surface area contributed by atoms with Gasteiger partial charge in [-0.2, -0.15) is 0 Å². The Hall–Kier alpha value is -1.40. The SMILES string of the molecule is CCCN(CC(=O)N(C)C)Cc1ccsc1C(=O)O. The first kappa shape index (κ1) is 15.7. The third-order valence-electron chi connectivity index (χ3n) is 2.73. The Morgan fingerprint density at radius 3 is 2.58 bits per heavy atom. The van der Waals surface area contributed by atoms with Gasteiger partial charge in [0.1, 0.15) is 4.88 Å². The summed E-state index contributed by atoms with van der Waals surface area (Å²) in [6, 6.07) is 1.82. The summed E-state index contributed by atoms with van der Waals surface area (Å²) in [5, 5.41) is 10.9. The monoisotopic (exact) mass is 284 g/mol. The number of carboxylic acid groups (broad SMARTS) is 1. The van der Waals surface area contributed by atoms with E-state index in [4.69, 9.17) is 5.11 Å². The van der Waals surface area contributed by atoms with Crippen molar-refractivity contribution < 1.29 is 14.7 Å². The minimum atomic E-state index is -0.902. The van der Waals surface area contributed by atoms with Gasteiger partial charge in [0.2, 0.25) is 5.91 Å². The van der Waals surface area contributed by atoms with Gasteiger partial charge in [-0.1, -0.05) is 6.92 Å². The minimum Gasteiger partial charge on any atom is -0.477 e. The van der Waals surface area contributed by atoms with Crippen molar-refractivity contribution in [1.82, 2.24) is 9.80 Å². The summed E-state index contributed by atoms with van der Waals surface area (Å²) >= 11 is 1.22. The van der Waals surface area contributed by atoms with Crippen LogP contribution in [0.5, 0.6) is 0 Å². The Balaban J connectivity index is 2.75. The van der Waals surface area contributed by atoms with Crippen molar-refractivity contribution in [2.24, 2.45) is 0 Å². The van der Waals surface area contributed by atoms with E-state index in [-0.39, 0.29) is 5.91 Å². The standard InChI is InChI=1S/C13H20N2O3S/c1-4-6-15(9-11(16)14(2)3)8-10-5-7-19-12(10)13(17)18/h5,7H,4,6,8-9H2,1-3H3,(H,17,18). The van der Waals surface area contributed by atoms with Gasteiger partial charge in [0.05, 0.1) is 6.54 Å².